The number of nitrogens with zero attached hydrogens (tertiary/aromatic N) is 1. The van der Waals surface area contributed by atoms with E-state index in [4.69, 9.17) is 39.5 Å². The minimum absolute atomic E-state index is 0.00291. The Bertz CT molecular complexity index is 938. The maximum Gasteiger partial charge on any atom is 0.355 e. The van der Waals surface area contributed by atoms with Gasteiger partial charge in [0.1, 0.15) is 23.7 Å². The average Bonchev–Trinajstić information content (AvgIpc) is 2.70. The van der Waals surface area contributed by atoms with E-state index in [1.54, 1.807) is 24.3 Å². The van der Waals surface area contributed by atoms with E-state index in [2.05, 4.69) is 21.2 Å². The highest BCUT2D eigenvalue weighted by atomic mass is 79.9. The molecule has 1 saturated heterocycles. The molecule has 1 aromatic carbocycles. The molecule has 2 aliphatic rings. The van der Waals surface area contributed by atoms with E-state index in [0.29, 0.717) is 17.3 Å². The second kappa shape index (κ2) is 10.2. The lowest BCUT2D eigenvalue weighted by atomic mass is 10.0. The third-order valence-electron chi connectivity index (χ3n) is 4.69. The maximum absolute atomic E-state index is 12.8. The lowest BCUT2D eigenvalue weighted by Gasteiger charge is -2.49. The van der Waals surface area contributed by atoms with Gasteiger partial charge in [-0.2, -0.15) is 0 Å². The van der Waals surface area contributed by atoms with E-state index in [1.165, 1.54) is 0 Å². The molecule has 2 aliphatic heterocycles. The van der Waals surface area contributed by atoms with Gasteiger partial charge in [-0.15, -0.1) is 0 Å². The van der Waals surface area contributed by atoms with Crippen LogP contribution in [0.15, 0.2) is 41.6 Å². The Hall–Kier alpha value is -1.13. The molecule has 0 saturated carbocycles. The highest BCUT2D eigenvalue weighted by Gasteiger charge is 2.57. The van der Waals surface area contributed by atoms with Crippen LogP contribution in [0.1, 0.15) is 12.0 Å². The summed E-state index contributed by atoms with van der Waals surface area (Å²) in [4.78, 5) is 39.1. The number of fused-ring (bicyclic) bond motifs is 1. The minimum atomic E-state index is -1.81. The van der Waals surface area contributed by atoms with Crippen molar-refractivity contribution in [2.75, 3.05) is 17.7 Å². The van der Waals surface area contributed by atoms with Gasteiger partial charge < -0.3 is 10.1 Å². The van der Waals surface area contributed by atoms with Crippen LogP contribution in [0.25, 0.3) is 0 Å². The summed E-state index contributed by atoms with van der Waals surface area (Å²) in [6, 6.07) is 8.04. The lowest BCUT2D eigenvalue weighted by Crippen LogP contribution is -2.73. The number of benzene rings is 1. The zero-order valence-electron chi connectivity index (χ0n) is 16.0. The van der Waals surface area contributed by atoms with Crippen molar-refractivity contribution < 1.29 is 23.3 Å². The molecule has 1 aromatic rings. The molecule has 1 fully saturated rings. The number of alkyl halides is 4. The minimum Gasteiger partial charge on any atom is -0.456 e. The Morgan fingerprint density at radius 1 is 1.26 bits per heavy atom. The van der Waals surface area contributed by atoms with Crippen LogP contribution in [0.5, 0.6) is 0 Å². The molecular formula is C19H18BrCl3N2O5S. The fourth-order valence-corrected chi connectivity index (χ4v) is 5.74. The van der Waals surface area contributed by atoms with Gasteiger partial charge in [-0.25, -0.2) is 4.79 Å². The second-order valence-electron chi connectivity index (χ2n) is 6.91. The Kier molecular flexibility index (Phi) is 8.07. The summed E-state index contributed by atoms with van der Waals surface area (Å²) in [6.45, 7) is -0.505. The number of carbonyl (C=O) groups is 3. The summed E-state index contributed by atoms with van der Waals surface area (Å²) in [5.74, 6) is -1.68. The molecule has 2 unspecified atom stereocenters. The molecular weight excluding hydrogens is 555 g/mol. The van der Waals surface area contributed by atoms with Gasteiger partial charge in [-0.1, -0.05) is 81.1 Å². The third-order valence-corrected chi connectivity index (χ3v) is 7.06. The van der Waals surface area contributed by atoms with Crippen LogP contribution >= 0.6 is 50.7 Å². The van der Waals surface area contributed by atoms with Gasteiger partial charge >= 0.3 is 5.97 Å². The molecule has 0 aromatic heterocycles. The first-order chi connectivity index (χ1) is 14.6. The van der Waals surface area contributed by atoms with Gasteiger partial charge in [-0.05, 0) is 17.6 Å². The monoisotopic (exact) mass is 570 g/mol. The number of β-lactam (4-membered cyclic amide) rings is 1. The molecule has 7 nitrogen and oxygen atoms in total. The maximum atomic E-state index is 12.8. The van der Waals surface area contributed by atoms with Crippen molar-refractivity contribution in [3.05, 3.63) is 47.2 Å². The molecule has 3 atom stereocenters. The van der Waals surface area contributed by atoms with Gasteiger partial charge in [-0.3, -0.25) is 18.7 Å². The molecule has 1 N–H and O–H groups in total. The topological polar surface area (TPSA) is 92.8 Å². The molecule has 168 valence electrons. The summed E-state index contributed by atoms with van der Waals surface area (Å²) in [7, 11) is -1.51. The number of rotatable bonds is 7. The van der Waals surface area contributed by atoms with Crippen LogP contribution < -0.4 is 5.32 Å². The third kappa shape index (κ3) is 5.82. The number of nitrogens with one attached hydrogen (secondary N) is 1. The Morgan fingerprint density at radius 3 is 2.55 bits per heavy atom. The van der Waals surface area contributed by atoms with Crippen LogP contribution in [-0.2, 0) is 36.3 Å². The summed E-state index contributed by atoms with van der Waals surface area (Å²) in [5.41, 5.74) is 1.28. The van der Waals surface area contributed by atoms with Crippen molar-refractivity contribution >= 4 is 79.3 Å². The van der Waals surface area contributed by atoms with Crippen LogP contribution in [-0.4, -0.2) is 59.8 Å². The molecule has 0 radical (unpaired) electrons. The van der Waals surface area contributed by atoms with Crippen molar-refractivity contribution in [1.82, 2.24) is 10.2 Å². The lowest BCUT2D eigenvalue weighted by molar-refractivity contribution is -0.153. The van der Waals surface area contributed by atoms with Gasteiger partial charge in [0, 0.05) is 11.1 Å². The first-order valence-electron chi connectivity index (χ1n) is 9.17. The first-order valence-corrected chi connectivity index (χ1v) is 12.8. The van der Waals surface area contributed by atoms with Gasteiger partial charge in [0.25, 0.3) is 5.91 Å². The number of amides is 2. The van der Waals surface area contributed by atoms with Gasteiger partial charge in [0.05, 0.1) is 17.2 Å². The molecule has 3 rings (SSSR count). The Labute approximate surface area is 205 Å². The molecule has 12 heteroatoms. The van der Waals surface area contributed by atoms with Crippen LogP contribution in [0.4, 0.5) is 0 Å². The Balaban J connectivity index is 1.77. The number of carbonyl (C=O) groups excluding carboxylic acids is 3. The molecule has 0 spiro atoms. The smallest absolute Gasteiger partial charge is 0.355 e. The van der Waals surface area contributed by atoms with E-state index in [9.17, 15) is 18.6 Å². The molecule has 2 amide bonds. The quantitative estimate of drug-likeness (QED) is 0.308. The van der Waals surface area contributed by atoms with Gasteiger partial charge in [0.15, 0.2) is 0 Å². The van der Waals surface area contributed by atoms with E-state index >= 15 is 0 Å². The summed E-state index contributed by atoms with van der Waals surface area (Å²) in [6.07, 6.45) is 0.457. The largest absolute Gasteiger partial charge is 0.456 e. The fourth-order valence-electron chi connectivity index (χ4n) is 3.37. The predicted octanol–water partition coefficient (Wildman–Crippen LogP) is 2.60. The van der Waals surface area contributed by atoms with Crippen LogP contribution in [0.2, 0.25) is 0 Å². The molecule has 31 heavy (non-hydrogen) atoms. The Morgan fingerprint density at radius 2 is 1.94 bits per heavy atom. The second-order valence-corrected chi connectivity index (χ2v) is 11.8. The number of ether oxygens (including phenoxy) is 1. The zero-order valence-corrected chi connectivity index (χ0v) is 20.7. The standard InChI is InChI=1S/C19H18BrCl3N2O5S/c20-7-6-12-9-31(29)17-14(24-13(26)8-11-4-2-1-3-5-11)16(27)25(17)15(12)18(28)30-10-19(21,22)23/h1-5,14,17H,6-10H2,(H,24,26)/t14?,17-,31?/m0/s1. The molecule has 0 bridgehead atoms. The van der Waals surface area contributed by atoms with E-state index in [0.717, 1.165) is 10.5 Å². The highest BCUT2D eigenvalue weighted by molar-refractivity contribution is 9.09. The van der Waals surface area contributed by atoms with Crippen molar-refractivity contribution in [3.63, 3.8) is 0 Å². The van der Waals surface area contributed by atoms with E-state index < -0.39 is 44.5 Å². The zero-order chi connectivity index (χ0) is 22.8. The molecule has 0 aliphatic carbocycles. The highest BCUT2D eigenvalue weighted by Crippen LogP contribution is 2.37. The number of esters is 1. The van der Waals surface area contributed by atoms with Gasteiger partial charge in [0.2, 0.25) is 9.70 Å². The summed E-state index contributed by atoms with van der Waals surface area (Å²) in [5, 5.41) is 2.27. The van der Waals surface area contributed by atoms with Crippen molar-refractivity contribution in [3.8, 4) is 0 Å². The fraction of sp³-hybridized carbons (Fsp3) is 0.421. The van der Waals surface area contributed by atoms with Crippen molar-refractivity contribution in [1.29, 1.82) is 0 Å². The normalized spacial score (nSPS) is 23.2. The first kappa shape index (κ1) is 24.5. The van der Waals surface area contributed by atoms with Crippen molar-refractivity contribution in [2.24, 2.45) is 0 Å². The SMILES string of the molecule is O=C(Cc1ccccc1)NC1C(=O)N2C(C(=O)OCC(Cl)(Cl)Cl)=C(CCBr)CS(=O)[C@@H]12. The molecule has 2 heterocycles. The van der Waals surface area contributed by atoms with E-state index in [-0.39, 0.29) is 23.8 Å². The summed E-state index contributed by atoms with van der Waals surface area (Å²) >= 11 is 20.2. The van der Waals surface area contributed by atoms with Crippen LogP contribution in [0.3, 0.4) is 0 Å². The number of hydrogen-bond donors (Lipinski definition) is 1. The van der Waals surface area contributed by atoms with E-state index in [1.807, 2.05) is 6.07 Å². The number of halogens is 4. The predicted molar refractivity (Wildman–Crippen MR) is 122 cm³/mol. The number of hydrogen-bond acceptors (Lipinski definition) is 5. The van der Waals surface area contributed by atoms with Crippen molar-refractivity contribution in [2.45, 2.75) is 28.0 Å². The average molecular weight is 573 g/mol. The van der Waals surface area contributed by atoms with Crippen LogP contribution in [0, 0.1) is 0 Å². The summed E-state index contributed by atoms with van der Waals surface area (Å²) < 4.78 is 16.1.